The minimum absolute atomic E-state index is 0.267. The lowest BCUT2D eigenvalue weighted by atomic mass is 9.89. The number of nitrogens with zero attached hydrogens (tertiary/aromatic N) is 1. The second kappa shape index (κ2) is 5.96. The van der Waals surface area contributed by atoms with Gasteiger partial charge in [-0.15, -0.1) is 0 Å². The molecule has 0 radical (unpaired) electrons. The van der Waals surface area contributed by atoms with Crippen LogP contribution in [0.1, 0.15) is 16.7 Å². The van der Waals surface area contributed by atoms with Gasteiger partial charge in [0.05, 0.1) is 0 Å². The van der Waals surface area contributed by atoms with Crippen LogP contribution in [-0.4, -0.2) is 22.5 Å². The van der Waals surface area contributed by atoms with Crippen LogP contribution in [0.5, 0.6) is 0 Å². The summed E-state index contributed by atoms with van der Waals surface area (Å²) in [7, 11) is 0. The van der Waals surface area contributed by atoms with Gasteiger partial charge in [-0.25, -0.2) is 8.78 Å². The number of benzene rings is 2. The zero-order chi connectivity index (χ0) is 17.3. The number of hydrogen-bond acceptors (Lipinski definition) is 3. The Bertz CT molecular complexity index is 805. The molecule has 1 aliphatic rings. The zero-order valence-corrected chi connectivity index (χ0v) is 13.0. The van der Waals surface area contributed by atoms with E-state index in [2.05, 4.69) is 5.32 Å². The summed E-state index contributed by atoms with van der Waals surface area (Å²) in [4.78, 5) is 12.9. The molecule has 1 unspecified atom stereocenters. The van der Waals surface area contributed by atoms with Crippen LogP contribution in [0.4, 0.5) is 8.78 Å². The smallest absolute Gasteiger partial charge is 0.323 e. The number of carboxylic acids is 1. The Kier molecular flexibility index (Phi) is 3.97. The molecule has 24 heavy (non-hydrogen) atoms. The molecular formula is C18H16F2N2O2. The van der Waals surface area contributed by atoms with Crippen molar-refractivity contribution >= 4 is 5.97 Å². The maximum atomic E-state index is 13.7. The summed E-state index contributed by atoms with van der Waals surface area (Å²) in [5, 5.41) is 12.4. The molecule has 2 aromatic rings. The van der Waals surface area contributed by atoms with E-state index < -0.39 is 11.6 Å². The Morgan fingerprint density at radius 1 is 1.17 bits per heavy atom. The van der Waals surface area contributed by atoms with E-state index in [0.29, 0.717) is 16.7 Å². The first kappa shape index (κ1) is 16.0. The number of halogens is 2. The number of aryl methyl sites for hydroxylation is 1. The third-order valence-electron chi connectivity index (χ3n) is 4.12. The molecule has 124 valence electrons. The van der Waals surface area contributed by atoms with Gasteiger partial charge in [0.25, 0.3) is 0 Å². The Labute approximate surface area is 138 Å². The summed E-state index contributed by atoms with van der Waals surface area (Å²) in [6.45, 7) is 1.37. The van der Waals surface area contributed by atoms with Crippen LogP contribution < -0.4 is 5.32 Å². The fraction of sp³-hybridized carbons (Fsp3) is 0.167. The standard InChI is InChI=1S/C18H16F2N2O2/c1-12-10-14(4-7-16(12)20)18(13-2-5-15(19)6-3-13)21-8-9-22(18)11-17(23)24/h2-10,21H,11H2,1H3,(H,23,24). The second-order valence-electron chi connectivity index (χ2n) is 5.66. The maximum absolute atomic E-state index is 13.7. The van der Waals surface area contributed by atoms with E-state index >= 15 is 0 Å². The fourth-order valence-corrected chi connectivity index (χ4v) is 2.99. The van der Waals surface area contributed by atoms with E-state index in [4.69, 9.17) is 0 Å². The lowest BCUT2D eigenvalue weighted by Gasteiger charge is -2.40. The van der Waals surface area contributed by atoms with Crippen molar-refractivity contribution in [3.8, 4) is 0 Å². The van der Waals surface area contributed by atoms with E-state index in [1.807, 2.05) is 0 Å². The Morgan fingerprint density at radius 3 is 2.46 bits per heavy atom. The predicted molar refractivity (Wildman–Crippen MR) is 84.9 cm³/mol. The molecule has 0 amide bonds. The van der Waals surface area contributed by atoms with Crippen LogP contribution in [0.2, 0.25) is 0 Å². The third kappa shape index (κ3) is 2.60. The number of hydrogen-bond donors (Lipinski definition) is 2. The van der Waals surface area contributed by atoms with Gasteiger partial charge < -0.3 is 15.3 Å². The predicted octanol–water partition coefficient (Wildman–Crippen LogP) is 2.94. The maximum Gasteiger partial charge on any atom is 0.323 e. The molecule has 1 heterocycles. The number of carboxylic acid groups (broad SMARTS) is 1. The van der Waals surface area contributed by atoms with Crippen molar-refractivity contribution in [2.24, 2.45) is 0 Å². The van der Waals surface area contributed by atoms with Crippen molar-refractivity contribution < 1.29 is 18.7 Å². The first-order valence-corrected chi connectivity index (χ1v) is 7.39. The summed E-state index contributed by atoms with van der Waals surface area (Å²) in [6, 6.07) is 10.4. The molecule has 0 bridgehead atoms. The van der Waals surface area contributed by atoms with Gasteiger partial charge in [0, 0.05) is 23.5 Å². The lowest BCUT2D eigenvalue weighted by molar-refractivity contribution is -0.138. The van der Waals surface area contributed by atoms with Gasteiger partial charge in [0.1, 0.15) is 18.2 Å². The van der Waals surface area contributed by atoms with Crippen LogP contribution in [0.25, 0.3) is 0 Å². The van der Waals surface area contributed by atoms with Gasteiger partial charge in [-0.2, -0.15) is 0 Å². The third-order valence-corrected chi connectivity index (χ3v) is 4.12. The molecule has 0 saturated carbocycles. The molecule has 1 aliphatic heterocycles. The van der Waals surface area contributed by atoms with Crippen molar-refractivity contribution in [2.75, 3.05) is 6.54 Å². The minimum Gasteiger partial charge on any atom is -0.480 e. The van der Waals surface area contributed by atoms with E-state index in [-0.39, 0.29) is 18.2 Å². The van der Waals surface area contributed by atoms with Crippen molar-refractivity contribution in [1.29, 1.82) is 0 Å². The molecule has 4 nitrogen and oxygen atoms in total. The van der Waals surface area contributed by atoms with Gasteiger partial charge in [0.15, 0.2) is 5.66 Å². The van der Waals surface area contributed by atoms with Crippen molar-refractivity contribution in [1.82, 2.24) is 10.2 Å². The van der Waals surface area contributed by atoms with E-state index in [9.17, 15) is 18.7 Å². The fourth-order valence-electron chi connectivity index (χ4n) is 2.99. The van der Waals surface area contributed by atoms with Crippen LogP contribution in [0.3, 0.4) is 0 Å². The SMILES string of the molecule is Cc1cc(C2(c3ccc(F)cc3)NC=CN2CC(=O)O)ccc1F. The summed E-state index contributed by atoms with van der Waals surface area (Å²) < 4.78 is 27.0. The number of rotatable bonds is 4. The monoisotopic (exact) mass is 330 g/mol. The Morgan fingerprint density at radius 2 is 1.83 bits per heavy atom. The van der Waals surface area contributed by atoms with Gasteiger partial charge in [-0.3, -0.25) is 4.79 Å². The second-order valence-corrected chi connectivity index (χ2v) is 5.66. The normalized spacial score (nSPS) is 19.4. The first-order chi connectivity index (χ1) is 11.4. The molecule has 2 aromatic carbocycles. The molecule has 3 rings (SSSR count). The average Bonchev–Trinajstić information content (AvgIpc) is 2.94. The number of aliphatic carboxylic acids is 1. The van der Waals surface area contributed by atoms with Gasteiger partial charge in [-0.05, 0) is 36.8 Å². The van der Waals surface area contributed by atoms with Gasteiger partial charge in [0.2, 0.25) is 0 Å². The summed E-state index contributed by atoms with van der Waals surface area (Å²) in [6.07, 6.45) is 3.25. The zero-order valence-electron chi connectivity index (χ0n) is 13.0. The van der Waals surface area contributed by atoms with E-state index in [1.165, 1.54) is 18.2 Å². The van der Waals surface area contributed by atoms with Gasteiger partial charge in [-0.1, -0.05) is 18.2 Å². The highest BCUT2D eigenvalue weighted by Gasteiger charge is 2.42. The quantitative estimate of drug-likeness (QED) is 0.905. The first-order valence-electron chi connectivity index (χ1n) is 7.39. The lowest BCUT2D eigenvalue weighted by Crippen LogP contribution is -2.51. The number of carbonyl (C=O) groups is 1. The average molecular weight is 330 g/mol. The summed E-state index contributed by atoms with van der Waals surface area (Å²) in [5.74, 6) is -1.74. The van der Waals surface area contributed by atoms with Crippen LogP contribution in [-0.2, 0) is 10.5 Å². The highest BCUT2D eigenvalue weighted by molar-refractivity contribution is 5.70. The molecule has 0 saturated heterocycles. The largest absolute Gasteiger partial charge is 0.480 e. The van der Waals surface area contributed by atoms with Gasteiger partial charge >= 0.3 is 5.97 Å². The molecule has 6 heteroatoms. The van der Waals surface area contributed by atoms with E-state index in [0.717, 1.165) is 0 Å². The molecule has 1 atom stereocenters. The summed E-state index contributed by atoms with van der Waals surface area (Å²) in [5.41, 5.74) is 0.725. The highest BCUT2D eigenvalue weighted by atomic mass is 19.1. The highest BCUT2D eigenvalue weighted by Crippen LogP contribution is 2.37. The summed E-state index contributed by atoms with van der Waals surface area (Å²) >= 11 is 0. The molecule has 0 fully saturated rings. The topological polar surface area (TPSA) is 52.6 Å². The minimum atomic E-state index is -1.04. The molecule has 0 spiro atoms. The Hall–Kier alpha value is -2.89. The Balaban J connectivity index is 2.18. The van der Waals surface area contributed by atoms with E-state index in [1.54, 1.807) is 48.5 Å². The molecule has 0 aromatic heterocycles. The van der Waals surface area contributed by atoms with Crippen molar-refractivity contribution in [3.05, 3.63) is 83.2 Å². The van der Waals surface area contributed by atoms with Crippen molar-refractivity contribution in [3.63, 3.8) is 0 Å². The number of nitrogens with one attached hydrogen (secondary N) is 1. The molecule has 0 aliphatic carbocycles. The van der Waals surface area contributed by atoms with Crippen LogP contribution in [0, 0.1) is 18.6 Å². The molecular weight excluding hydrogens is 314 g/mol. The van der Waals surface area contributed by atoms with Crippen LogP contribution >= 0.6 is 0 Å². The van der Waals surface area contributed by atoms with Crippen LogP contribution in [0.15, 0.2) is 54.9 Å². The van der Waals surface area contributed by atoms with Crippen molar-refractivity contribution in [2.45, 2.75) is 12.6 Å². The molecule has 2 N–H and O–H groups in total.